The third-order valence-electron chi connectivity index (χ3n) is 2.01. The van der Waals surface area contributed by atoms with Gasteiger partial charge in [0.05, 0.1) is 0 Å². The van der Waals surface area contributed by atoms with Crippen LogP contribution in [0, 0.1) is 5.92 Å². The van der Waals surface area contributed by atoms with E-state index in [1.807, 2.05) is 0 Å². The molecule has 1 rings (SSSR count). The van der Waals surface area contributed by atoms with E-state index in [4.69, 9.17) is 4.74 Å². The Morgan fingerprint density at radius 2 is 2.31 bits per heavy atom. The molecule has 0 aliphatic heterocycles. The highest BCUT2D eigenvalue weighted by Gasteiger charge is 2.20. The molecule has 1 aliphatic carbocycles. The van der Waals surface area contributed by atoms with Crippen molar-refractivity contribution in [1.29, 1.82) is 0 Å². The summed E-state index contributed by atoms with van der Waals surface area (Å²) in [5.41, 5.74) is 0. The molecular weight excluding hydrogens is 230 g/mol. The zero-order valence-corrected chi connectivity index (χ0v) is 9.61. The maximum atomic E-state index is 5.49. The molecule has 0 amide bonds. The first-order valence-electron chi connectivity index (χ1n) is 4.91. The lowest BCUT2D eigenvalue weighted by atomic mass is 10.4. The quantitative estimate of drug-likeness (QED) is 0.665. The van der Waals surface area contributed by atoms with Crippen molar-refractivity contribution in [3.8, 4) is 0 Å². The minimum Gasteiger partial charge on any atom is -0.381 e. The fourth-order valence-corrected chi connectivity index (χ4v) is 1.26. The van der Waals surface area contributed by atoms with E-state index >= 15 is 0 Å². The lowest BCUT2D eigenvalue weighted by Gasteiger charge is -2.04. The molecule has 3 heteroatoms. The van der Waals surface area contributed by atoms with Crippen molar-refractivity contribution in [3.63, 3.8) is 0 Å². The van der Waals surface area contributed by atoms with Crippen molar-refractivity contribution in [3.05, 3.63) is 11.1 Å². The Labute approximate surface area is 88.9 Å². The van der Waals surface area contributed by atoms with Gasteiger partial charge in [0.15, 0.2) is 0 Å². The summed E-state index contributed by atoms with van der Waals surface area (Å²) >= 11 is 3.30. The molecule has 1 saturated carbocycles. The Morgan fingerprint density at radius 3 is 2.92 bits per heavy atom. The van der Waals surface area contributed by atoms with Crippen LogP contribution >= 0.6 is 15.9 Å². The summed E-state index contributed by atoms with van der Waals surface area (Å²) in [5, 5.41) is 3.26. The van der Waals surface area contributed by atoms with Crippen molar-refractivity contribution in [2.45, 2.75) is 19.3 Å². The van der Waals surface area contributed by atoms with Crippen LogP contribution in [0.4, 0.5) is 0 Å². The van der Waals surface area contributed by atoms with Crippen LogP contribution in [0.2, 0.25) is 0 Å². The minimum atomic E-state index is 0.850. The smallest absolute Gasteiger partial charge is 0.0494 e. The second kappa shape index (κ2) is 6.57. The van der Waals surface area contributed by atoms with Gasteiger partial charge in [-0.2, -0.15) is 0 Å². The van der Waals surface area contributed by atoms with Crippen LogP contribution in [0.1, 0.15) is 19.3 Å². The van der Waals surface area contributed by atoms with Gasteiger partial charge in [-0.15, -0.1) is 0 Å². The summed E-state index contributed by atoms with van der Waals surface area (Å²) in [6, 6.07) is 0. The average molecular weight is 248 g/mol. The van der Waals surface area contributed by atoms with Crippen LogP contribution in [-0.2, 0) is 4.74 Å². The van der Waals surface area contributed by atoms with E-state index in [9.17, 15) is 0 Å². The number of hydrogen-bond acceptors (Lipinski definition) is 2. The van der Waals surface area contributed by atoms with Gasteiger partial charge in [0.25, 0.3) is 0 Å². The second-order valence-corrected chi connectivity index (χ2v) is 4.69. The van der Waals surface area contributed by atoms with E-state index in [-0.39, 0.29) is 0 Å². The van der Waals surface area contributed by atoms with E-state index in [0.29, 0.717) is 0 Å². The fraction of sp³-hybridized carbons (Fsp3) is 0.800. The third-order valence-corrected chi connectivity index (χ3v) is 2.29. The lowest BCUT2D eigenvalue weighted by molar-refractivity contribution is 0.122. The Morgan fingerprint density at radius 1 is 1.54 bits per heavy atom. The topological polar surface area (TPSA) is 21.3 Å². The number of ether oxygens (including phenoxy) is 1. The van der Waals surface area contributed by atoms with E-state index < -0.39 is 0 Å². The molecule has 0 bridgehead atoms. The summed E-state index contributed by atoms with van der Waals surface area (Å²) in [7, 11) is 0. The second-order valence-electron chi connectivity index (χ2n) is 3.57. The first kappa shape index (κ1) is 11.2. The normalized spacial score (nSPS) is 16.1. The molecule has 0 saturated heterocycles. The molecule has 2 nitrogen and oxygen atoms in total. The molecule has 0 unspecified atom stereocenters. The van der Waals surface area contributed by atoms with Crippen molar-refractivity contribution >= 4 is 15.9 Å². The Kier molecular flexibility index (Phi) is 5.67. The van der Waals surface area contributed by atoms with E-state index in [0.717, 1.165) is 43.1 Å². The zero-order valence-electron chi connectivity index (χ0n) is 8.02. The van der Waals surface area contributed by atoms with E-state index in [1.165, 1.54) is 12.8 Å². The minimum absolute atomic E-state index is 0.850. The standard InChI is InChI=1S/C10H18BrNO/c1-9(11)7-12-5-2-6-13-8-10-3-4-10/h10,12H,1-8H2. The van der Waals surface area contributed by atoms with Gasteiger partial charge in [0, 0.05) is 24.2 Å². The van der Waals surface area contributed by atoms with Gasteiger partial charge in [-0.05, 0) is 31.7 Å². The fourth-order valence-electron chi connectivity index (χ4n) is 1.06. The largest absolute Gasteiger partial charge is 0.381 e. The highest BCUT2D eigenvalue weighted by atomic mass is 79.9. The van der Waals surface area contributed by atoms with Crippen molar-refractivity contribution in [1.82, 2.24) is 5.32 Å². The third kappa shape index (κ3) is 7.23. The van der Waals surface area contributed by atoms with E-state index in [2.05, 4.69) is 27.8 Å². The predicted octanol–water partition coefficient (Wildman–Crippen LogP) is 2.30. The highest BCUT2D eigenvalue weighted by Crippen LogP contribution is 2.28. The van der Waals surface area contributed by atoms with Crippen molar-refractivity contribution < 1.29 is 4.74 Å². The molecule has 76 valence electrons. The maximum Gasteiger partial charge on any atom is 0.0494 e. The van der Waals surface area contributed by atoms with Crippen LogP contribution in [-0.4, -0.2) is 26.3 Å². The molecule has 0 atom stereocenters. The number of hydrogen-bond donors (Lipinski definition) is 1. The molecule has 1 N–H and O–H groups in total. The Hall–Kier alpha value is 0.140. The lowest BCUT2D eigenvalue weighted by Crippen LogP contribution is -2.18. The number of halogens is 1. The van der Waals surface area contributed by atoms with Crippen LogP contribution in [0.25, 0.3) is 0 Å². The predicted molar refractivity (Wildman–Crippen MR) is 59.1 cm³/mol. The van der Waals surface area contributed by atoms with Gasteiger partial charge in [-0.1, -0.05) is 22.5 Å². The van der Waals surface area contributed by atoms with Gasteiger partial charge < -0.3 is 10.1 Å². The molecule has 1 aliphatic rings. The van der Waals surface area contributed by atoms with Gasteiger partial charge in [0.1, 0.15) is 0 Å². The number of nitrogens with one attached hydrogen (secondary N) is 1. The molecule has 0 aromatic rings. The summed E-state index contributed by atoms with van der Waals surface area (Å²) < 4.78 is 6.50. The molecule has 0 aromatic carbocycles. The van der Waals surface area contributed by atoms with Crippen LogP contribution in [0.15, 0.2) is 11.1 Å². The van der Waals surface area contributed by atoms with Crippen molar-refractivity contribution in [2.75, 3.05) is 26.3 Å². The van der Waals surface area contributed by atoms with Crippen molar-refractivity contribution in [2.24, 2.45) is 5.92 Å². The highest BCUT2D eigenvalue weighted by molar-refractivity contribution is 9.11. The first-order valence-corrected chi connectivity index (χ1v) is 5.70. The summed E-state index contributed by atoms with van der Waals surface area (Å²) in [6.45, 7) is 7.47. The SMILES string of the molecule is C=C(Br)CNCCCOCC1CC1. The Balaban J connectivity index is 1.70. The molecule has 0 heterocycles. The van der Waals surface area contributed by atoms with E-state index in [1.54, 1.807) is 0 Å². The summed E-state index contributed by atoms with van der Waals surface area (Å²) in [5.74, 6) is 0.885. The van der Waals surface area contributed by atoms with Crippen LogP contribution in [0.5, 0.6) is 0 Å². The first-order chi connectivity index (χ1) is 6.29. The average Bonchev–Trinajstić information content (AvgIpc) is 2.86. The van der Waals surface area contributed by atoms with Gasteiger partial charge in [-0.3, -0.25) is 0 Å². The monoisotopic (exact) mass is 247 g/mol. The molecule has 0 radical (unpaired) electrons. The zero-order chi connectivity index (χ0) is 9.52. The molecule has 13 heavy (non-hydrogen) atoms. The molecular formula is C10H18BrNO. The number of rotatable bonds is 8. The molecule has 0 spiro atoms. The van der Waals surface area contributed by atoms with Gasteiger partial charge in [-0.25, -0.2) is 0 Å². The Bertz CT molecular complexity index is 157. The van der Waals surface area contributed by atoms with Gasteiger partial charge in [0.2, 0.25) is 0 Å². The van der Waals surface area contributed by atoms with Gasteiger partial charge >= 0.3 is 0 Å². The maximum absolute atomic E-state index is 5.49. The van der Waals surface area contributed by atoms with Crippen LogP contribution in [0.3, 0.4) is 0 Å². The summed E-state index contributed by atoms with van der Waals surface area (Å²) in [4.78, 5) is 0. The summed E-state index contributed by atoms with van der Waals surface area (Å²) in [6.07, 6.45) is 3.84. The molecule has 0 aromatic heterocycles. The molecule has 1 fully saturated rings. The van der Waals surface area contributed by atoms with Crippen LogP contribution < -0.4 is 5.32 Å².